The van der Waals surface area contributed by atoms with E-state index >= 15 is 0 Å². The molecular weight excluding hydrogens is 90.1 g/mol. The minimum Gasteiger partial charge on any atom is -0.495 e. The van der Waals surface area contributed by atoms with Crippen LogP contribution in [0.5, 0.6) is 0 Å². The second kappa shape index (κ2) is 2.50. The predicted molar refractivity (Wildman–Crippen MR) is 29.8 cm³/mol. The van der Waals surface area contributed by atoms with Crippen LogP contribution in [0.25, 0.3) is 0 Å². The minimum atomic E-state index is -0.0394. The van der Waals surface area contributed by atoms with E-state index in [1.165, 1.54) is 0 Å². The molecule has 0 aliphatic carbocycles. The second-order valence-electron chi connectivity index (χ2n) is 1.52. The number of hydrogen-bond donors (Lipinski definition) is 2. The molecule has 0 aromatic carbocycles. The Hall–Kier alpha value is -0.660. The molecule has 2 heteroatoms. The van der Waals surface area contributed by atoms with E-state index in [2.05, 4.69) is 0 Å². The summed E-state index contributed by atoms with van der Waals surface area (Å²) in [5.41, 5.74) is 5.83. The fourth-order valence-electron chi connectivity index (χ4n) is 0.181. The maximum absolute atomic E-state index is 8.48. The lowest BCUT2D eigenvalue weighted by Gasteiger charge is -1.93. The molecule has 0 aromatic rings. The van der Waals surface area contributed by atoms with Gasteiger partial charge in [0.25, 0.3) is 0 Å². The largest absolute Gasteiger partial charge is 0.495 e. The molecule has 0 amide bonds. The monoisotopic (exact) mass is 101 g/mol. The van der Waals surface area contributed by atoms with Crippen LogP contribution in [0.3, 0.4) is 0 Å². The summed E-state index contributed by atoms with van der Waals surface area (Å²) in [6.07, 6.45) is 0.822. The first kappa shape index (κ1) is 6.34. The van der Waals surface area contributed by atoms with Crippen molar-refractivity contribution in [3.63, 3.8) is 0 Å². The standard InChI is InChI=1S/C5H11NO/c1-3-4(2)5(6)7/h7H,3,6H2,1-2H3. The zero-order chi connectivity index (χ0) is 5.86. The molecule has 3 N–H and O–H groups in total. The van der Waals surface area contributed by atoms with Gasteiger partial charge in [0, 0.05) is 0 Å². The summed E-state index contributed by atoms with van der Waals surface area (Å²) in [4.78, 5) is 0. The van der Waals surface area contributed by atoms with E-state index in [4.69, 9.17) is 10.8 Å². The predicted octanol–water partition coefficient (Wildman–Crippen LogP) is 1.14. The normalized spacial score (nSPS) is 13.4. The van der Waals surface area contributed by atoms with Crippen LogP contribution in [0.4, 0.5) is 0 Å². The average Bonchev–Trinajstić information content (AvgIpc) is 1.65. The summed E-state index contributed by atoms with van der Waals surface area (Å²) in [6.45, 7) is 3.74. The topological polar surface area (TPSA) is 46.2 Å². The molecule has 42 valence electrons. The highest BCUT2D eigenvalue weighted by Crippen LogP contribution is 1.97. The molecule has 0 radical (unpaired) electrons. The van der Waals surface area contributed by atoms with Crippen LogP contribution in [0.2, 0.25) is 0 Å². The maximum atomic E-state index is 8.48. The van der Waals surface area contributed by atoms with Crippen LogP contribution in [0.15, 0.2) is 11.5 Å². The fraction of sp³-hybridized carbons (Fsp3) is 0.600. The fourth-order valence-corrected chi connectivity index (χ4v) is 0.181. The van der Waals surface area contributed by atoms with Crippen molar-refractivity contribution in [3.05, 3.63) is 11.5 Å². The summed E-state index contributed by atoms with van der Waals surface area (Å²) in [6, 6.07) is 0. The van der Waals surface area contributed by atoms with Gasteiger partial charge >= 0.3 is 0 Å². The summed E-state index contributed by atoms with van der Waals surface area (Å²) in [5, 5.41) is 8.48. The van der Waals surface area contributed by atoms with E-state index in [0.29, 0.717) is 0 Å². The van der Waals surface area contributed by atoms with Crippen LogP contribution in [-0.2, 0) is 0 Å². The van der Waals surface area contributed by atoms with E-state index < -0.39 is 0 Å². The van der Waals surface area contributed by atoms with E-state index in [9.17, 15) is 0 Å². The Kier molecular flexibility index (Phi) is 2.27. The van der Waals surface area contributed by atoms with Gasteiger partial charge in [-0.1, -0.05) is 6.92 Å². The van der Waals surface area contributed by atoms with Gasteiger partial charge in [0.2, 0.25) is 0 Å². The highest BCUT2D eigenvalue weighted by Gasteiger charge is 1.86. The van der Waals surface area contributed by atoms with Crippen molar-refractivity contribution >= 4 is 0 Å². The molecule has 0 fully saturated rings. The van der Waals surface area contributed by atoms with Crippen molar-refractivity contribution in [3.8, 4) is 0 Å². The third-order valence-corrected chi connectivity index (χ3v) is 0.968. The Morgan fingerprint density at radius 1 is 1.71 bits per heavy atom. The molecule has 0 rings (SSSR count). The number of rotatable bonds is 1. The van der Waals surface area contributed by atoms with Gasteiger partial charge < -0.3 is 10.8 Å². The molecule has 0 bridgehead atoms. The van der Waals surface area contributed by atoms with Gasteiger partial charge in [-0.15, -0.1) is 0 Å². The lowest BCUT2D eigenvalue weighted by molar-refractivity contribution is 0.396. The molecule has 0 saturated carbocycles. The highest BCUT2D eigenvalue weighted by molar-refractivity contribution is 4.98. The first-order valence-corrected chi connectivity index (χ1v) is 2.32. The zero-order valence-electron chi connectivity index (χ0n) is 4.73. The summed E-state index contributed by atoms with van der Waals surface area (Å²) in [7, 11) is 0. The van der Waals surface area contributed by atoms with Gasteiger partial charge in [-0.3, -0.25) is 0 Å². The number of allylic oxidation sites excluding steroid dienone is 1. The van der Waals surface area contributed by atoms with Crippen molar-refractivity contribution in [2.75, 3.05) is 0 Å². The van der Waals surface area contributed by atoms with Gasteiger partial charge in [0.05, 0.1) is 0 Å². The molecule has 0 aliphatic rings. The van der Waals surface area contributed by atoms with E-state index in [1.807, 2.05) is 6.92 Å². The Balaban J connectivity index is 3.72. The summed E-state index contributed by atoms with van der Waals surface area (Å²) >= 11 is 0. The van der Waals surface area contributed by atoms with Crippen LogP contribution in [0, 0.1) is 0 Å². The molecule has 0 aromatic heterocycles. The number of aliphatic hydroxyl groups excluding tert-OH is 1. The number of aliphatic hydroxyl groups is 1. The Labute approximate surface area is 43.6 Å². The van der Waals surface area contributed by atoms with E-state index in [-0.39, 0.29) is 5.88 Å². The molecule has 0 atom stereocenters. The molecule has 0 saturated heterocycles. The van der Waals surface area contributed by atoms with Gasteiger partial charge in [-0.25, -0.2) is 0 Å². The molecule has 2 nitrogen and oxygen atoms in total. The van der Waals surface area contributed by atoms with Crippen LogP contribution < -0.4 is 5.73 Å². The lowest BCUT2D eigenvalue weighted by atomic mass is 10.2. The molecular formula is C5H11NO. The molecule has 0 heterocycles. The van der Waals surface area contributed by atoms with E-state index in [1.54, 1.807) is 6.92 Å². The second-order valence-corrected chi connectivity index (χ2v) is 1.52. The number of nitrogens with two attached hydrogens (primary N) is 1. The van der Waals surface area contributed by atoms with Gasteiger partial charge in [-0.05, 0) is 18.9 Å². The number of hydrogen-bond acceptors (Lipinski definition) is 2. The minimum absolute atomic E-state index is 0.0394. The molecule has 0 aliphatic heterocycles. The molecule has 0 unspecified atom stereocenters. The van der Waals surface area contributed by atoms with E-state index in [0.717, 1.165) is 12.0 Å². The maximum Gasteiger partial charge on any atom is 0.180 e. The summed E-state index contributed by atoms with van der Waals surface area (Å²) in [5.74, 6) is -0.0394. The SMILES string of the molecule is CCC(C)=C(N)O. The first-order valence-electron chi connectivity index (χ1n) is 2.32. The molecule has 7 heavy (non-hydrogen) atoms. The van der Waals surface area contributed by atoms with Crippen molar-refractivity contribution in [2.45, 2.75) is 20.3 Å². The average molecular weight is 101 g/mol. The quantitative estimate of drug-likeness (QED) is 0.486. The van der Waals surface area contributed by atoms with Crippen LogP contribution in [0.1, 0.15) is 20.3 Å². The first-order chi connectivity index (χ1) is 3.18. The van der Waals surface area contributed by atoms with Gasteiger partial charge in [0.1, 0.15) is 0 Å². The van der Waals surface area contributed by atoms with Crippen LogP contribution >= 0.6 is 0 Å². The zero-order valence-corrected chi connectivity index (χ0v) is 4.73. The van der Waals surface area contributed by atoms with Gasteiger partial charge in [-0.2, -0.15) is 0 Å². The Bertz CT molecular complexity index is 82.1. The van der Waals surface area contributed by atoms with Crippen molar-refractivity contribution in [1.82, 2.24) is 0 Å². The Morgan fingerprint density at radius 2 is 2.14 bits per heavy atom. The lowest BCUT2D eigenvalue weighted by Crippen LogP contribution is -1.97. The third kappa shape index (κ3) is 2.09. The Morgan fingerprint density at radius 3 is 2.14 bits per heavy atom. The molecule has 0 spiro atoms. The van der Waals surface area contributed by atoms with Gasteiger partial charge in [0.15, 0.2) is 5.88 Å². The van der Waals surface area contributed by atoms with Crippen molar-refractivity contribution in [2.24, 2.45) is 5.73 Å². The third-order valence-electron chi connectivity index (χ3n) is 0.968. The van der Waals surface area contributed by atoms with Crippen molar-refractivity contribution in [1.29, 1.82) is 0 Å². The summed E-state index contributed by atoms with van der Waals surface area (Å²) < 4.78 is 0. The van der Waals surface area contributed by atoms with Crippen molar-refractivity contribution < 1.29 is 5.11 Å². The highest BCUT2D eigenvalue weighted by atomic mass is 16.3. The van der Waals surface area contributed by atoms with Crippen LogP contribution in [-0.4, -0.2) is 5.11 Å². The smallest absolute Gasteiger partial charge is 0.180 e.